The van der Waals surface area contributed by atoms with Gasteiger partial charge in [0, 0.05) is 12.4 Å². The van der Waals surface area contributed by atoms with Gasteiger partial charge in [-0.2, -0.15) is 0 Å². The molecule has 1 heterocycles. The van der Waals surface area contributed by atoms with Crippen LogP contribution in [-0.2, 0) is 5.41 Å². The number of para-hydroxylation sites is 2. The number of benzene rings is 1. The Morgan fingerprint density at radius 2 is 1.36 bits per heavy atom. The maximum Gasteiger partial charge on any atom is 0.0618 e. The van der Waals surface area contributed by atoms with Crippen LogP contribution in [0.1, 0.15) is 44.1 Å². The van der Waals surface area contributed by atoms with E-state index in [1.807, 2.05) is 0 Å². The molecule has 2 N–H and O–H groups in total. The molecular weight excluding hydrogens is 268 g/mol. The van der Waals surface area contributed by atoms with Gasteiger partial charge in [0.2, 0.25) is 0 Å². The molecule has 4 saturated carbocycles. The Hall–Kier alpha value is -1.70. The van der Waals surface area contributed by atoms with E-state index >= 15 is 0 Å². The number of H-pyrrole nitrogens is 2. The van der Waals surface area contributed by atoms with Gasteiger partial charge in [-0.1, -0.05) is 12.1 Å². The van der Waals surface area contributed by atoms with Gasteiger partial charge in [-0.05, 0) is 85.5 Å². The van der Waals surface area contributed by atoms with E-state index in [2.05, 4.69) is 52.7 Å². The Bertz CT molecular complexity index is 714. The molecule has 114 valence electrons. The molecule has 0 amide bonds. The third-order valence-electron chi connectivity index (χ3n) is 6.46. The second kappa shape index (κ2) is 4.65. The van der Waals surface area contributed by atoms with Gasteiger partial charge in [0.15, 0.2) is 0 Å². The summed E-state index contributed by atoms with van der Waals surface area (Å²) in [4.78, 5) is 7.01. The quantitative estimate of drug-likeness (QED) is 0.734. The molecular formula is C20H24N2. The molecule has 2 heteroatoms. The summed E-state index contributed by atoms with van der Waals surface area (Å²) < 4.78 is 0. The van der Waals surface area contributed by atoms with Crippen LogP contribution in [0.15, 0.2) is 42.7 Å². The number of nitrogens with one attached hydrogen (secondary N) is 2. The average Bonchev–Trinajstić information content (AvgIpc) is 2.46. The lowest BCUT2D eigenvalue weighted by molar-refractivity contribution is -0.00529. The smallest absolute Gasteiger partial charge is 0.0618 e. The maximum atomic E-state index is 3.56. The van der Waals surface area contributed by atoms with Gasteiger partial charge in [0.25, 0.3) is 0 Å². The third kappa shape index (κ3) is 1.93. The summed E-state index contributed by atoms with van der Waals surface area (Å²) >= 11 is 0. The minimum atomic E-state index is 0.451. The third-order valence-corrected chi connectivity index (χ3v) is 6.46. The lowest BCUT2D eigenvalue weighted by Gasteiger charge is -2.57. The molecule has 0 radical (unpaired) electrons. The van der Waals surface area contributed by atoms with Crippen molar-refractivity contribution in [3.05, 3.63) is 48.3 Å². The van der Waals surface area contributed by atoms with Crippen molar-refractivity contribution in [1.29, 1.82) is 0 Å². The molecule has 22 heavy (non-hydrogen) atoms. The summed E-state index contributed by atoms with van der Waals surface area (Å²) in [5, 5.41) is 0. The number of aromatic amines is 2. The summed E-state index contributed by atoms with van der Waals surface area (Å²) in [5.41, 5.74) is 4.30. The van der Waals surface area contributed by atoms with E-state index in [4.69, 9.17) is 0 Å². The molecule has 4 aliphatic rings. The zero-order valence-corrected chi connectivity index (χ0v) is 13.0. The fourth-order valence-corrected chi connectivity index (χ4v) is 5.95. The topological polar surface area (TPSA) is 31.6 Å². The molecule has 4 bridgehead atoms. The van der Waals surface area contributed by atoms with E-state index in [0.29, 0.717) is 5.41 Å². The second-order valence-electron chi connectivity index (χ2n) is 7.97. The Morgan fingerprint density at radius 3 is 2.00 bits per heavy atom. The van der Waals surface area contributed by atoms with Gasteiger partial charge >= 0.3 is 0 Å². The van der Waals surface area contributed by atoms with Crippen LogP contribution >= 0.6 is 0 Å². The van der Waals surface area contributed by atoms with E-state index in [0.717, 1.165) is 23.3 Å². The monoisotopic (exact) mass is 292 g/mol. The number of fused-ring (bicyclic) bond motifs is 1. The molecule has 2 aromatic rings. The first kappa shape index (κ1) is 12.8. The van der Waals surface area contributed by atoms with Crippen LogP contribution in [0.25, 0.3) is 11.0 Å². The van der Waals surface area contributed by atoms with Crippen molar-refractivity contribution < 1.29 is 0 Å². The van der Waals surface area contributed by atoms with Crippen LogP contribution in [0, 0.1) is 17.8 Å². The van der Waals surface area contributed by atoms with Crippen molar-refractivity contribution in [2.24, 2.45) is 17.8 Å². The first-order valence-corrected chi connectivity index (χ1v) is 8.80. The minimum Gasteiger partial charge on any atom is -0.360 e. The van der Waals surface area contributed by atoms with E-state index in [-0.39, 0.29) is 0 Å². The van der Waals surface area contributed by atoms with Gasteiger partial charge in [-0.25, -0.2) is 0 Å². The minimum absolute atomic E-state index is 0.451. The van der Waals surface area contributed by atoms with Crippen molar-refractivity contribution in [2.75, 3.05) is 0 Å². The van der Waals surface area contributed by atoms with Crippen molar-refractivity contribution in [2.45, 2.75) is 43.9 Å². The first-order chi connectivity index (χ1) is 10.8. The molecule has 0 atom stereocenters. The van der Waals surface area contributed by atoms with E-state index in [1.54, 1.807) is 0 Å². The first-order valence-electron chi connectivity index (χ1n) is 8.80. The van der Waals surface area contributed by atoms with E-state index < -0.39 is 0 Å². The van der Waals surface area contributed by atoms with Crippen molar-refractivity contribution >= 4 is 11.0 Å². The predicted molar refractivity (Wildman–Crippen MR) is 90.1 cm³/mol. The number of rotatable bonds is 1. The summed E-state index contributed by atoms with van der Waals surface area (Å²) in [6.07, 6.45) is 13.2. The molecule has 6 rings (SSSR count). The van der Waals surface area contributed by atoms with Crippen molar-refractivity contribution in [3.63, 3.8) is 0 Å². The van der Waals surface area contributed by atoms with Crippen LogP contribution in [0.2, 0.25) is 0 Å². The largest absolute Gasteiger partial charge is 0.360 e. The molecule has 0 aliphatic heterocycles. The molecule has 0 spiro atoms. The lowest BCUT2D eigenvalue weighted by atomic mass is 9.48. The highest BCUT2D eigenvalue weighted by Gasteiger charge is 2.51. The Labute approximate surface area is 131 Å². The van der Waals surface area contributed by atoms with Gasteiger partial charge in [0.1, 0.15) is 0 Å². The van der Waals surface area contributed by atoms with Crippen LogP contribution in [-0.4, -0.2) is 9.97 Å². The highest BCUT2D eigenvalue weighted by atomic mass is 14.7. The Morgan fingerprint density at radius 1 is 0.773 bits per heavy atom. The van der Waals surface area contributed by atoms with Gasteiger partial charge in [-0.3, -0.25) is 0 Å². The predicted octanol–water partition coefficient (Wildman–Crippen LogP) is 5.09. The summed E-state index contributed by atoms with van der Waals surface area (Å²) in [6.45, 7) is 0. The highest BCUT2D eigenvalue weighted by Crippen LogP contribution is 2.60. The Kier molecular flexibility index (Phi) is 2.70. The molecule has 0 saturated heterocycles. The number of aromatic nitrogens is 2. The van der Waals surface area contributed by atoms with Crippen LogP contribution in [0.4, 0.5) is 0 Å². The average molecular weight is 292 g/mol. The fraction of sp³-hybridized carbons (Fsp3) is 0.500. The number of hydrogen-bond donors (Lipinski definition) is 2. The van der Waals surface area contributed by atoms with E-state index in [9.17, 15) is 0 Å². The van der Waals surface area contributed by atoms with Crippen molar-refractivity contribution in [1.82, 2.24) is 9.97 Å². The zero-order chi connectivity index (χ0) is 14.6. The van der Waals surface area contributed by atoms with Gasteiger partial charge in [-0.15, -0.1) is 0 Å². The molecule has 2 nitrogen and oxygen atoms in total. The molecule has 1 aromatic carbocycles. The van der Waals surface area contributed by atoms with Gasteiger partial charge in [0.05, 0.1) is 11.0 Å². The molecule has 4 fully saturated rings. The van der Waals surface area contributed by atoms with Gasteiger partial charge < -0.3 is 9.97 Å². The summed E-state index contributed by atoms with van der Waals surface area (Å²) in [6, 6.07) is 10.8. The summed E-state index contributed by atoms with van der Waals surface area (Å²) in [7, 11) is 0. The summed E-state index contributed by atoms with van der Waals surface area (Å²) in [5.74, 6) is 2.98. The van der Waals surface area contributed by atoms with Crippen LogP contribution < -0.4 is 0 Å². The SMILES string of the molecule is c1ccc2[nH]cc(C34CC5CC(CC(C5)C3)C4)cc[nH]c2c1. The lowest BCUT2D eigenvalue weighted by Crippen LogP contribution is -2.48. The van der Waals surface area contributed by atoms with Crippen LogP contribution in [0.5, 0.6) is 0 Å². The fourth-order valence-electron chi connectivity index (χ4n) is 5.95. The molecule has 1 aromatic heterocycles. The van der Waals surface area contributed by atoms with Crippen LogP contribution in [0.3, 0.4) is 0 Å². The highest BCUT2D eigenvalue weighted by molar-refractivity contribution is 5.72. The number of hydrogen-bond acceptors (Lipinski definition) is 0. The van der Waals surface area contributed by atoms with Crippen molar-refractivity contribution in [3.8, 4) is 0 Å². The molecule has 4 aliphatic carbocycles. The van der Waals surface area contributed by atoms with E-state index in [1.165, 1.54) is 49.6 Å². The second-order valence-corrected chi connectivity index (χ2v) is 7.97. The zero-order valence-electron chi connectivity index (χ0n) is 13.0. The standard InChI is InChI=1S/C20H24N2/c1-2-4-19-18(3-1)21-6-5-17(13-22-19)20-10-14-7-15(11-20)9-16(8-14)12-20/h1-6,13-16,21-22H,7-12H2. The maximum absolute atomic E-state index is 3.56. The Balaban J connectivity index is 1.62. The molecule has 0 unspecified atom stereocenters. The normalized spacial score (nSPS) is 35.7.